The second kappa shape index (κ2) is 4.36. The molecule has 78 valence electrons. The summed E-state index contributed by atoms with van der Waals surface area (Å²) in [6.45, 7) is 1.95. The Morgan fingerprint density at radius 3 is 2.79 bits per heavy atom. The van der Waals surface area contributed by atoms with Crippen LogP contribution in [0.1, 0.15) is 17.4 Å². The molecule has 1 aromatic heterocycles. The first-order chi connectivity index (χ1) is 6.61. The van der Waals surface area contributed by atoms with E-state index in [2.05, 4.69) is 5.10 Å². The van der Waals surface area contributed by atoms with Gasteiger partial charge in [0, 0.05) is 7.05 Å². The van der Waals surface area contributed by atoms with Crippen molar-refractivity contribution < 1.29 is 14.6 Å². The lowest BCUT2D eigenvalue weighted by Gasteiger charge is -2.02. The van der Waals surface area contributed by atoms with Gasteiger partial charge < -0.3 is 9.84 Å². The van der Waals surface area contributed by atoms with E-state index in [9.17, 15) is 4.79 Å². The summed E-state index contributed by atoms with van der Waals surface area (Å²) in [6.07, 6.45) is 0. The largest absolute Gasteiger partial charge is 0.480 e. The third-order valence-electron chi connectivity index (χ3n) is 1.64. The molecule has 0 aliphatic heterocycles. The second-order valence-corrected chi connectivity index (χ2v) is 3.82. The quantitative estimate of drug-likeness (QED) is 0.767. The van der Waals surface area contributed by atoms with E-state index >= 15 is 0 Å². The minimum absolute atomic E-state index is 0.0520. The van der Waals surface area contributed by atoms with Gasteiger partial charge in [0.2, 0.25) is 5.88 Å². The van der Waals surface area contributed by atoms with E-state index in [0.29, 0.717) is 10.8 Å². The van der Waals surface area contributed by atoms with E-state index in [4.69, 9.17) is 9.84 Å². The molecule has 6 heteroatoms. The number of methoxy groups -OCH3 is 1. The third-order valence-corrected chi connectivity index (χ3v) is 2.58. The maximum absolute atomic E-state index is 10.8. The molecule has 0 fully saturated rings. The summed E-state index contributed by atoms with van der Waals surface area (Å²) in [7, 11) is 3.16. The zero-order chi connectivity index (χ0) is 10.7. The molecule has 0 unspecified atom stereocenters. The molecule has 1 N–H and O–H groups in total. The zero-order valence-electron chi connectivity index (χ0n) is 8.27. The van der Waals surface area contributed by atoms with Gasteiger partial charge in [-0.3, -0.25) is 0 Å². The number of carbonyl (C=O) groups is 1. The lowest BCUT2D eigenvalue weighted by atomic mass is 10.4. The molecule has 1 aromatic rings. The molecule has 0 saturated carbocycles. The van der Waals surface area contributed by atoms with Gasteiger partial charge in [0.25, 0.3) is 0 Å². The van der Waals surface area contributed by atoms with Crippen LogP contribution in [0.15, 0.2) is 4.90 Å². The average Bonchev–Trinajstić information content (AvgIpc) is 2.43. The molecule has 0 aliphatic carbocycles. The van der Waals surface area contributed by atoms with Gasteiger partial charge in [-0.25, -0.2) is 9.48 Å². The first-order valence-electron chi connectivity index (χ1n) is 4.08. The number of aromatic carboxylic acids is 1. The topological polar surface area (TPSA) is 64.3 Å². The van der Waals surface area contributed by atoms with Crippen molar-refractivity contribution in [2.75, 3.05) is 12.9 Å². The zero-order valence-corrected chi connectivity index (χ0v) is 9.09. The fourth-order valence-corrected chi connectivity index (χ4v) is 2.02. The number of hydrogen-bond acceptors (Lipinski definition) is 4. The number of rotatable bonds is 4. The van der Waals surface area contributed by atoms with Crippen molar-refractivity contribution >= 4 is 17.7 Å². The molecule has 0 bridgehead atoms. The lowest BCUT2D eigenvalue weighted by molar-refractivity contribution is 0.0686. The summed E-state index contributed by atoms with van der Waals surface area (Å²) < 4.78 is 6.51. The molecular formula is C8H12N2O3S. The molecular weight excluding hydrogens is 204 g/mol. The van der Waals surface area contributed by atoms with Crippen LogP contribution in [0, 0.1) is 0 Å². The molecule has 1 rings (SSSR count). The molecule has 5 nitrogen and oxygen atoms in total. The van der Waals surface area contributed by atoms with Gasteiger partial charge in [-0.05, 0) is 5.75 Å². The van der Waals surface area contributed by atoms with E-state index in [1.807, 2.05) is 6.92 Å². The van der Waals surface area contributed by atoms with Gasteiger partial charge in [-0.15, -0.1) is 11.8 Å². The summed E-state index contributed by atoms with van der Waals surface area (Å²) in [6, 6.07) is 0. The second-order valence-electron chi connectivity index (χ2n) is 2.55. The van der Waals surface area contributed by atoms with Crippen molar-refractivity contribution in [1.29, 1.82) is 0 Å². The van der Waals surface area contributed by atoms with Gasteiger partial charge in [0.05, 0.1) is 7.11 Å². The number of aromatic nitrogens is 2. The Kier molecular flexibility index (Phi) is 3.40. The number of carboxylic acid groups (broad SMARTS) is 1. The van der Waals surface area contributed by atoms with E-state index in [1.165, 1.54) is 23.6 Å². The normalized spacial score (nSPS) is 10.2. The van der Waals surface area contributed by atoms with E-state index in [-0.39, 0.29) is 5.69 Å². The van der Waals surface area contributed by atoms with Crippen molar-refractivity contribution in [3.8, 4) is 5.88 Å². The number of hydrogen-bond donors (Lipinski definition) is 1. The highest BCUT2D eigenvalue weighted by molar-refractivity contribution is 7.99. The lowest BCUT2D eigenvalue weighted by Crippen LogP contribution is -2.00. The molecule has 0 aliphatic rings. The van der Waals surface area contributed by atoms with E-state index < -0.39 is 5.97 Å². The van der Waals surface area contributed by atoms with Crippen LogP contribution in [0.2, 0.25) is 0 Å². The summed E-state index contributed by atoms with van der Waals surface area (Å²) in [5.74, 6) is 0.247. The highest BCUT2D eigenvalue weighted by atomic mass is 32.2. The van der Waals surface area contributed by atoms with Crippen molar-refractivity contribution in [1.82, 2.24) is 9.78 Å². The van der Waals surface area contributed by atoms with Crippen molar-refractivity contribution in [2.24, 2.45) is 7.05 Å². The summed E-state index contributed by atoms with van der Waals surface area (Å²) in [4.78, 5) is 11.4. The standard InChI is InChI=1S/C8H12N2O3S/c1-4-14-6-5(8(11)12)9-10(2)7(6)13-3/h4H2,1-3H3,(H,11,12). The molecule has 0 aromatic carbocycles. The Bertz CT molecular complexity index is 349. The SMILES string of the molecule is CCSc1c(C(=O)O)nn(C)c1OC. The minimum atomic E-state index is -1.03. The molecule has 0 atom stereocenters. The Morgan fingerprint density at radius 2 is 2.36 bits per heavy atom. The number of carboxylic acids is 1. The van der Waals surface area contributed by atoms with Crippen LogP contribution in [-0.4, -0.2) is 33.7 Å². The van der Waals surface area contributed by atoms with Gasteiger partial charge in [0.1, 0.15) is 4.90 Å². The Labute approximate surface area is 86.1 Å². The molecule has 0 radical (unpaired) electrons. The molecule has 0 spiro atoms. The predicted octanol–water partition coefficient (Wildman–Crippen LogP) is 1.24. The summed E-state index contributed by atoms with van der Waals surface area (Å²) in [5.41, 5.74) is 0.0520. The van der Waals surface area contributed by atoms with Crippen LogP contribution in [0.4, 0.5) is 0 Å². The van der Waals surface area contributed by atoms with Crippen molar-refractivity contribution in [2.45, 2.75) is 11.8 Å². The van der Waals surface area contributed by atoms with Gasteiger partial charge >= 0.3 is 5.97 Å². The van der Waals surface area contributed by atoms with Crippen molar-refractivity contribution in [3.05, 3.63) is 5.69 Å². The Hall–Kier alpha value is -1.17. The minimum Gasteiger partial charge on any atom is -0.480 e. The number of aryl methyl sites for hydroxylation is 1. The first-order valence-corrected chi connectivity index (χ1v) is 5.07. The fourth-order valence-electron chi connectivity index (χ4n) is 1.13. The van der Waals surface area contributed by atoms with E-state index in [1.54, 1.807) is 7.05 Å². The van der Waals surface area contributed by atoms with Gasteiger partial charge in [-0.2, -0.15) is 5.10 Å². The maximum atomic E-state index is 10.8. The Balaban J connectivity index is 3.22. The van der Waals surface area contributed by atoms with Crippen LogP contribution >= 0.6 is 11.8 Å². The van der Waals surface area contributed by atoms with Crippen LogP contribution in [-0.2, 0) is 7.05 Å². The molecule has 0 amide bonds. The third kappa shape index (κ3) is 1.84. The average molecular weight is 216 g/mol. The monoisotopic (exact) mass is 216 g/mol. The van der Waals surface area contributed by atoms with Crippen molar-refractivity contribution in [3.63, 3.8) is 0 Å². The molecule has 14 heavy (non-hydrogen) atoms. The van der Waals surface area contributed by atoms with E-state index in [0.717, 1.165) is 5.75 Å². The highest BCUT2D eigenvalue weighted by Crippen LogP contribution is 2.31. The van der Waals surface area contributed by atoms with Gasteiger partial charge in [0.15, 0.2) is 5.69 Å². The molecule has 0 saturated heterocycles. The van der Waals surface area contributed by atoms with Crippen LogP contribution in [0.5, 0.6) is 5.88 Å². The fraction of sp³-hybridized carbons (Fsp3) is 0.500. The number of ether oxygens (including phenoxy) is 1. The van der Waals surface area contributed by atoms with Crippen LogP contribution < -0.4 is 4.74 Å². The van der Waals surface area contributed by atoms with Crippen LogP contribution in [0.3, 0.4) is 0 Å². The van der Waals surface area contributed by atoms with Crippen LogP contribution in [0.25, 0.3) is 0 Å². The predicted molar refractivity (Wildman–Crippen MR) is 53.1 cm³/mol. The summed E-state index contributed by atoms with van der Waals surface area (Å²) in [5, 5.41) is 12.8. The summed E-state index contributed by atoms with van der Waals surface area (Å²) >= 11 is 1.41. The highest BCUT2D eigenvalue weighted by Gasteiger charge is 2.21. The number of nitrogens with zero attached hydrogens (tertiary/aromatic N) is 2. The van der Waals surface area contributed by atoms with Gasteiger partial charge in [-0.1, -0.05) is 6.92 Å². The Morgan fingerprint density at radius 1 is 1.71 bits per heavy atom. The smallest absolute Gasteiger partial charge is 0.357 e. The maximum Gasteiger partial charge on any atom is 0.357 e. The first kappa shape index (κ1) is 10.9. The number of thioether (sulfide) groups is 1. The molecule has 1 heterocycles.